The standard InChI is InChI=1S/C22H26ClN3O2/c23-20-9-7-19(8-10-20)22(28)24-12-11-21(27)25-15-17-3-5-18(6-4-17)16-26-13-1-2-14-26/h3-10H,1-2,11-16H2,(H,24,28)(H,25,27). The maximum absolute atomic E-state index is 12.0. The number of carbonyl (C=O) groups is 2. The van der Waals surface area contributed by atoms with Crippen LogP contribution in [0.3, 0.4) is 0 Å². The number of amides is 2. The largest absolute Gasteiger partial charge is 0.352 e. The highest BCUT2D eigenvalue weighted by Crippen LogP contribution is 2.13. The lowest BCUT2D eigenvalue weighted by Crippen LogP contribution is -2.30. The van der Waals surface area contributed by atoms with Crippen LogP contribution < -0.4 is 10.6 Å². The van der Waals surface area contributed by atoms with Crippen LogP contribution in [0.25, 0.3) is 0 Å². The lowest BCUT2D eigenvalue weighted by Gasteiger charge is -2.14. The first-order valence-electron chi connectivity index (χ1n) is 9.71. The Kier molecular flexibility index (Phi) is 7.46. The minimum absolute atomic E-state index is 0.0856. The summed E-state index contributed by atoms with van der Waals surface area (Å²) in [5.74, 6) is -0.296. The molecular weight excluding hydrogens is 374 g/mol. The van der Waals surface area contributed by atoms with Crippen molar-refractivity contribution in [1.29, 1.82) is 0 Å². The van der Waals surface area contributed by atoms with E-state index in [0.29, 0.717) is 23.7 Å². The quantitative estimate of drug-likeness (QED) is 0.715. The van der Waals surface area contributed by atoms with Gasteiger partial charge in [-0.25, -0.2) is 0 Å². The number of halogens is 1. The van der Waals surface area contributed by atoms with Crippen LogP contribution in [0.2, 0.25) is 5.02 Å². The number of hydrogen-bond donors (Lipinski definition) is 2. The topological polar surface area (TPSA) is 61.4 Å². The summed E-state index contributed by atoms with van der Waals surface area (Å²) < 4.78 is 0. The van der Waals surface area contributed by atoms with Crippen LogP contribution in [0.4, 0.5) is 0 Å². The van der Waals surface area contributed by atoms with Crippen molar-refractivity contribution in [2.24, 2.45) is 0 Å². The van der Waals surface area contributed by atoms with E-state index < -0.39 is 0 Å². The third-order valence-corrected chi connectivity index (χ3v) is 5.11. The maximum atomic E-state index is 12.0. The van der Waals surface area contributed by atoms with Crippen LogP contribution in [0.1, 0.15) is 40.7 Å². The van der Waals surface area contributed by atoms with Crippen LogP contribution >= 0.6 is 11.6 Å². The number of rotatable bonds is 8. The number of likely N-dealkylation sites (tertiary alicyclic amines) is 1. The summed E-state index contributed by atoms with van der Waals surface area (Å²) in [4.78, 5) is 26.4. The molecule has 0 atom stereocenters. The molecule has 2 amide bonds. The molecule has 3 rings (SSSR count). The fraction of sp³-hybridized carbons (Fsp3) is 0.364. The second-order valence-corrected chi connectivity index (χ2v) is 7.53. The van der Waals surface area contributed by atoms with Gasteiger partial charge in [0.05, 0.1) is 0 Å². The van der Waals surface area contributed by atoms with Crippen molar-refractivity contribution in [1.82, 2.24) is 15.5 Å². The summed E-state index contributed by atoms with van der Waals surface area (Å²) in [5.41, 5.74) is 2.91. The van der Waals surface area contributed by atoms with Crippen LogP contribution in [0.5, 0.6) is 0 Å². The normalized spacial score (nSPS) is 14.0. The van der Waals surface area contributed by atoms with E-state index in [-0.39, 0.29) is 18.2 Å². The van der Waals surface area contributed by atoms with Gasteiger partial charge in [0, 0.05) is 36.6 Å². The Morgan fingerprint density at radius 3 is 2.21 bits per heavy atom. The van der Waals surface area contributed by atoms with Crippen molar-refractivity contribution >= 4 is 23.4 Å². The van der Waals surface area contributed by atoms with Gasteiger partial charge in [0.15, 0.2) is 0 Å². The first kappa shape index (κ1) is 20.4. The van der Waals surface area contributed by atoms with Crippen molar-refractivity contribution in [3.8, 4) is 0 Å². The monoisotopic (exact) mass is 399 g/mol. The van der Waals surface area contributed by atoms with Gasteiger partial charge in [-0.1, -0.05) is 35.9 Å². The van der Waals surface area contributed by atoms with Gasteiger partial charge in [0.1, 0.15) is 0 Å². The zero-order chi connectivity index (χ0) is 19.8. The molecule has 0 spiro atoms. The van der Waals surface area contributed by atoms with Gasteiger partial charge in [0.25, 0.3) is 5.91 Å². The van der Waals surface area contributed by atoms with E-state index in [1.165, 1.54) is 31.5 Å². The van der Waals surface area contributed by atoms with Crippen molar-refractivity contribution in [3.05, 3.63) is 70.2 Å². The molecule has 0 aromatic heterocycles. The molecular formula is C22H26ClN3O2. The Hall–Kier alpha value is -2.37. The average molecular weight is 400 g/mol. The van der Waals surface area contributed by atoms with E-state index in [9.17, 15) is 9.59 Å². The molecule has 0 bridgehead atoms. The van der Waals surface area contributed by atoms with Gasteiger partial charge < -0.3 is 10.6 Å². The molecule has 0 aliphatic carbocycles. The van der Waals surface area contributed by atoms with Gasteiger partial charge in [0.2, 0.25) is 5.91 Å². The maximum Gasteiger partial charge on any atom is 0.251 e. The van der Waals surface area contributed by atoms with Gasteiger partial charge in [-0.2, -0.15) is 0 Å². The van der Waals surface area contributed by atoms with E-state index in [1.54, 1.807) is 24.3 Å². The lowest BCUT2D eigenvalue weighted by atomic mass is 10.1. The summed E-state index contributed by atoms with van der Waals surface area (Å²) in [7, 11) is 0. The molecule has 2 aromatic carbocycles. The summed E-state index contributed by atoms with van der Waals surface area (Å²) in [6.07, 6.45) is 2.83. The summed E-state index contributed by atoms with van der Waals surface area (Å²) >= 11 is 5.81. The molecule has 1 aliphatic heterocycles. The zero-order valence-corrected chi connectivity index (χ0v) is 16.7. The number of carbonyl (C=O) groups excluding carboxylic acids is 2. The Morgan fingerprint density at radius 2 is 1.54 bits per heavy atom. The third-order valence-electron chi connectivity index (χ3n) is 4.86. The molecule has 0 radical (unpaired) electrons. The Morgan fingerprint density at radius 1 is 0.893 bits per heavy atom. The highest BCUT2D eigenvalue weighted by Gasteiger charge is 2.11. The van der Waals surface area contributed by atoms with Crippen LogP contribution in [-0.2, 0) is 17.9 Å². The lowest BCUT2D eigenvalue weighted by molar-refractivity contribution is -0.121. The van der Waals surface area contributed by atoms with E-state index in [1.807, 2.05) is 0 Å². The van der Waals surface area contributed by atoms with Crippen molar-refractivity contribution < 1.29 is 9.59 Å². The molecule has 148 valence electrons. The van der Waals surface area contributed by atoms with Crippen molar-refractivity contribution in [2.75, 3.05) is 19.6 Å². The predicted molar refractivity (Wildman–Crippen MR) is 111 cm³/mol. The molecule has 1 heterocycles. The molecule has 5 nitrogen and oxygen atoms in total. The molecule has 0 unspecified atom stereocenters. The molecule has 1 fully saturated rings. The predicted octanol–water partition coefficient (Wildman–Crippen LogP) is 3.37. The van der Waals surface area contributed by atoms with E-state index in [4.69, 9.17) is 11.6 Å². The fourth-order valence-corrected chi connectivity index (χ4v) is 3.37. The summed E-state index contributed by atoms with van der Waals surface area (Å²) in [5, 5.41) is 6.22. The van der Waals surface area contributed by atoms with Crippen LogP contribution in [0.15, 0.2) is 48.5 Å². The zero-order valence-electron chi connectivity index (χ0n) is 15.9. The average Bonchev–Trinajstić information content (AvgIpc) is 3.21. The SMILES string of the molecule is O=C(CCNC(=O)c1ccc(Cl)cc1)NCc1ccc(CN2CCCC2)cc1. The summed E-state index contributed by atoms with van der Waals surface area (Å²) in [6.45, 7) is 4.16. The number of benzene rings is 2. The highest BCUT2D eigenvalue weighted by molar-refractivity contribution is 6.30. The molecule has 2 N–H and O–H groups in total. The minimum Gasteiger partial charge on any atom is -0.352 e. The number of nitrogens with zero attached hydrogens (tertiary/aromatic N) is 1. The van der Waals surface area contributed by atoms with Crippen LogP contribution in [-0.4, -0.2) is 36.3 Å². The molecule has 6 heteroatoms. The smallest absolute Gasteiger partial charge is 0.251 e. The van der Waals surface area contributed by atoms with Gasteiger partial charge in [-0.05, 0) is 61.3 Å². The minimum atomic E-state index is -0.210. The van der Waals surface area contributed by atoms with Crippen molar-refractivity contribution in [2.45, 2.75) is 32.4 Å². The number of hydrogen-bond acceptors (Lipinski definition) is 3. The second kappa shape index (κ2) is 10.2. The molecule has 2 aromatic rings. The summed E-state index contributed by atoms with van der Waals surface area (Å²) in [6, 6.07) is 15.0. The van der Waals surface area contributed by atoms with Gasteiger partial charge in [-0.15, -0.1) is 0 Å². The molecule has 28 heavy (non-hydrogen) atoms. The second-order valence-electron chi connectivity index (χ2n) is 7.09. The van der Waals surface area contributed by atoms with Crippen LogP contribution in [0, 0.1) is 0 Å². The first-order chi connectivity index (χ1) is 13.6. The molecule has 1 saturated heterocycles. The Bertz CT molecular complexity index is 784. The van der Waals surface area contributed by atoms with E-state index >= 15 is 0 Å². The Labute approximate surface area is 171 Å². The van der Waals surface area contributed by atoms with Gasteiger partial charge in [-0.3, -0.25) is 14.5 Å². The fourth-order valence-electron chi connectivity index (χ4n) is 3.24. The van der Waals surface area contributed by atoms with Crippen molar-refractivity contribution in [3.63, 3.8) is 0 Å². The van der Waals surface area contributed by atoms with E-state index in [2.05, 4.69) is 39.8 Å². The number of nitrogens with one attached hydrogen (secondary N) is 2. The third kappa shape index (κ3) is 6.36. The first-order valence-corrected chi connectivity index (χ1v) is 10.1. The Balaban J connectivity index is 1.34. The van der Waals surface area contributed by atoms with Gasteiger partial charge >= 0.3 is 0 Å². The highest BCUT2D eigenvalue weighted by atomic mass is 35.5. The molecule has 0 saturated carbocycles. The molecule has 1 aliphatic rings. The van der Waals surface area contributed by atoms with E-state index in [0.717, 1.165) is 12.1 Å².